The summed E-state index contributed by atoms with van der Waals surface area (Å²) in [5.74, 6) is 4.11. The molecule has 0 radical (unpaired) electrons. The lowest BCUT2D eigenvalue weighted by molar-refractivity contribution is -0.132. The van der Waals surface area contributed by atoms with E-state index >= 15 is 0 Å². The minimum absolute atomic E-state index is 0.316. The van der Waals surface area contributed by atoms with Gasteiger partial charge in [-0.25, -0.2) is 9.97 Å². The first-order chi connectivity index (χ1) is 14.0. The Kier molecular flexibility index (Phi) is 5.01. The Morgan fingerprint density at radius 1 is 1.14 bits per heavy atom. The Hall–Kier alpha value is -1.69. The Morgan fingerprint density at radius 3 is 2.59 bits per heavy atom. The summed E-state index contributed by atoms with van der Waals surface area (Å²) in [5.41, 5.74) is 1.51. The number of hydrogen-bond donors (Lipinski definition) is 0. The molecule has 5 nitrogen and oxygen atoms in total. The van der Waals surface area contributed by atoms with Gasteiger partial charge in [0, 0.05) is 43.4 Å². The van der Waals surface area contributed by atoms with Crippen LogP contribution in [0.3, 0.4) is 0 Å². The summed E-state index contributed by atoms with van der Waals surface area (Å²) in [6, 6.07) is 0. The van der Waals surface area contributed by atoms with Crippen molar-refractivity contribution in [2.45, 2.75) is 59.3 Å². The number of hydrogen-bond acceptors (Lipinski definition) is 5. The van der Waals surface area contributed by atoms with Gasteiger partial charge >= 0.3 is 0 Å². The number of fused-ring (bicyclic) bond motifs is 3. The Labute approximate surface area is 177 Å². The van der Waals surface area contributed by atoms with Gasteiger partial charge in [0.05, 0.1) is 5.39 Å². The molecule has 1 saturated carbocycles. The number of carbonyl (C=O) groups excluding carboxylic acids is 1. The summed E-state index contributed by atoms with van der Waals surface area (Å²) in [6.45, 7) is 10.2. The molecule has 0 N–H and O–H groups in total. The van der Waals surface area contributed by atoms with Gasteiger partial charge in [-0.1, -0.05) is 20.8 Å². The molecular formula is C23H32N4OS. The van der Waals surface area contributed by atoms with Crippen molar-refractivity contribution in [2.75, 3.05) is 31.1 Å². The minimum Gasteiger partial charge on any atom is -0.352 e. The largest absolute Gasteiger partial charge is 0.352 e. The summed E-state index contributed by atoms with van der Waals surface area (Å²) in [6.07, 6.45) is 6.68. The standard InChI is InChI=1S/C23H32N4OS/c1-14(2)12-19-24-21(26-8-10-27(11-9-26)23(28)16-5-6-16)20-17-7-4-15(3)13-18(17)29-22(20)25-19/h14-16H,4-13H2,1-3H3. The van der Waals surface area contributed by atoms with Crippen LogP contribution in [-0.2, 0) is 24.1 Å². The first kappa shape index (κ1) is 19.3. The molecule has 1 aliphatic heterocycles. The Bertz CT molecular complexity index is 925. The third-order valence-corrected chi connectivity index (χ3v) is 7.74. The molecule has 2 aromatic rings. The number of thiophene rings is 1. The van der Waals surface area contributed by atoms with Gasteiger partial charge in [0.15, 0.2) is 0 Å². The third kappa shape index (κ3) is 3.76. The summed E-state index contributed by atoms with van der Waals surface area (Å²) in [4.78, 5) is 29.8. The molecule has 3 heterocycles. The average molecular weight is 413 g/mol. The smallest absolute Gasteiger partial charge is 0.225 e. The number of nitrogens with zero attached hydrogens (tertiary/aromatic N) is 4. The monoisotopic (exact) mass is 412 g/mol. The SMILES string of the molecule is CC(C)Cc1nc(N2CCN(C(=O)C3CC3)CC2)c2c3c(sc2n1)CC(C)CC3. The topological polar surface area (TPSA) is 49.3 Å². The lowest BCUT2D eigenvalue weighted by Crippen LogP contribution is -2.49. The predicted molar refractivity (Wildman–Crippen MR) is 119 cm³/mol. The van der Waals surface area contributed by atoms with Crippen molar-refractivity contribution < 1.29 is 4.79 Å². The molecule has 3 aliphatic rings. The highest BCUT2D eigenvalue weighted by Gasteiger charge is 2.35. The number of carbonyl (C=O) groups is 1. The average Bonchev–Trinajstić information content (AvgIpc) is 3.47. The minimum atomic E-state index is 0.316. The second-order valence-electron chi connectivity index (χ2n) is 9.68. The molecule has 2 aromatic heterocycles. The van der Waals surface area contributed by atoms with Crippen LogP contribution in [-0.4, -0.2) is 47.0 Å². The maximum Gasteiger partial charge on any atom is 0.225 e. The zero-order chi connectivity index (χ0) is 20.1. The van der Waals surface area contributed by atoms with E-state index in [1.807, 2.05) is 11.3 Å². The zero-order valence-electron chi connectivity index (χ0n) is 17.9. The molecule has 2 fully saturated rings. The van der Waals surface area contributed by atoms with Crippen molar-refractivity contribution in [3.8, 4) is 0 Å². The fourth-order valence-corrected chi connectivity index (χ4v) is 6.17. The van der Waals surface area contributed by atoms with Crippen molar-refractivity contribution in [1.82, 2.24) is 14.9 Å². The van der Waals surface area contributed by atoms with Crippen LogP contribution >= 0.6 is 11.3 Å². The van der Waals surface area contributed by atoms with Crippen LogP contribution in [0.5, 0.6) is 0 Å². The summed E-state index contributed by atoms with van der Waals surface area (Å²) in [7, 11) is 0. The van der Waals surface area contributed by atoms with Gasteiger partial charge in [-0.05, 0) is 49.5 Å². The van der Waals surface area contributed by atoms with Gasteiger partial charge < -0.3 is 9.80 Å². The van der Waals surface area contributed by atoms with Gasteiger partial charge in [0.1, 0.15) is 16.5 Å². The van der Waals surface area contributed by atoms with Crippen molar-refractivity contribution in [3.05, 3.63) is 16.3 Å². The molecule has 0 bridgehead atoms. The fraction of sp³-hybridized carbons (Fsp3) is 0.696. The van der Waals surface area contributed by atoms with E-state index < -0.39 is 0 Å². The van der Waals surface area contributed by atoms with E-state index in [1.165, 1.54) is 33.5 Å². The highest BCUT2D eigenvalue weighted by atomic mass is 32.1. The van der Waals surface area contributed by atoms with E-state index in [-0.39, 0.29) is 0 Å². The number of amides is 1. The maximum atomic E-state index is 12.5. The Morgan fingerprint density at radius 2 is 1.90 bits per heavy atom. The summed E-state index contributed by atoms with van der Waals surface area (Å²) in [5, 5.41) is 1.31. The van der Waals surface area contributed by atoms with Crippen LogP contribution in [0, 0.1) is 17.8 Å². The van der Waals surface area contributed by atoms with Gasteiger partial charge in [0.2, 0.25) is 5.91 Å². The molecule has 0 aromatic carbocycles. The first-order valence-corrected chi connectivity index (χ1v) is 12.2. The lowest BCUT2D eigenvalue weighted by Gasteiger charge is -2.36. The van der Waals surface area contributed by atoms with Crippen molar-refractivity contribution in [3.63, 3.8) is 0 Å². The van der Waals surface area contributed by atoms with E-state index in [4.69, 9.17) is 9.97 Å². The Balaban J connectivity index is 1.48. The first-order valence-electron chi connectivity index (χ1n) is 11.3. The molecular weight excluding hydrogens is 380 g/mol. The second-order valence-corrected chi connectivity index (χ2v) is 10.8. The van der Waals surface area contributed by atoms with Gasteiger partial charge in [0.25, 0.3) is 0 Å². The van der Waals surface area contributed by atoms with Crippen LogP contribution in [0.2, 0.25) is 0 Å². The van der Waals surface area contributed by atoms with E-state index in [9.17, 15) is 4.79 Å². The lowest BCUT2D eigenvalue weighted by atomic mass is 9.89. The van der Waals surface area contributed by atoms with Crippen molar-refractivity contribution in [2.24, 2.45) is 17.8 Å². The molecule has 1 atom stereocenters. The van der Waals surface area contributed by atoms with E-state index in [1.54, 1.807) is 0 Å². The molecule has 1 saturated heterocycles. The van der Waals surface area contributed by atoms with Crippen LogP contribution in [0.1, 0.15) is 56.3 Å². The highest BCUT2D eigenvalue weighted by molar-refractivity contribution is 7.19. The van der Waals surface area contributed by atoms with Gasteiger partial charge in [-0.15, -0.1) is 11.3 Å². The van der Waals surface area contributed by atoms with Crippen molar-refractivity contribution in [1.29, 1.82) is 0 Å². The molecule has 1 unspecified atom stereocenters. The molecule has 156 valence electrons. The van der Waals surface area contributed by atoms with Crippen LogP contribution in [0.4, 0.5) is 5.82 Å². The molecule has 2 aliphatic carbocycles. The second kappa shape index (κ2) is 7.53. The van der Waals surface area contributed by atoms with Crippen LogP contribution in [0.25, 0.3) is 10.2 Å². The summed E-state index contributed by atoms with van der Waals surface area (Å²) >= 11 is 1.90. The number of rotatable bonds is 4. The summed E-state index contributed by atoms with van der Waals surface area (Å²) < 4.78 is 0. The quantitative estimate of drug-likeness (QED) is 0.759. The molecule has 29 heavy (non-hydrogen) atoms. The molecule has 5 rings (SSSR count). The number of aryl methyl sites for hydroxylation is 1. The van der Waals surface area contributed by atoms with E-state index in [0.717, 1.165) is 69.4 Å². The molecule has 6 heteroatoms. The zero-order valence-corrected chi connectivity index (χ0v) is 18.7. The molecule has 1 amide bonds. The van der Waals surface area contributed by atoms with Gasteiger partial charge in [-0.3, -0.25) is 4.79 Å². The van der Waals surface area contributed by atoms with Crippen LogP contribution < -0.4 is 4.90 Å². The predicted octanol–water partition coefficient (Wildman–Crippen LogP) is 4.07. The van der Waals surface area contributed by atoms with Crippen LogP contribution in [0.15, 0.2) is 0 Å². The van der Waals surface area contributed by atoms with Crippen molar-refractivity contribution >= 4 is 33.3 Å². The number of anilines is 1. The maximum absolute atomic E-state index is 12.5. The fourth-order valence-electron chi connectivity index (χ4n) is 4.78. The number of aromatic nitrogens is 2. The van der Waals surface area contributed by atoms with Gasteiger partial charge in [-0.2, -0.15) is 0 Å². The van der Waals surface area contributed by atoms with E-state index in [0.29, 0.717) is 17.7 Å². The normalized spacial score (nSPS) is 22.4. The number of piperazine rings is 1. The molecule has 0 spiro atoms. The van der Waals surface area contributed by atoms with E-state index in [2.05, 4.69) is 30.6 Å². The highest BCUT2D eigenvalue weighted by Crippen LogP contribution is 2.41. The third-order valence-electron chi connectivity index (χ3n) is 6.59.